The van der Waals surface area contributed by atoms with Gasteiger partial charge in [0.1, 0.15) is 28.8 Å². The third-order valence-electron chi connectivity index (χ3n) is 13.5. The molecule has 7 aromatic rings. The number of aromatic nitrogens is 8. The lowest BCUT2D eigenvalue weighted by molar-refractivity contribution is -0.137. The summed E-state index contributed by atoms with van der Waals surface area (Å²) in [5.41, 5.74) is 8.99. The fourth-order valence-corrected chi connectivity index (χ4v) is 8.87. The lowest BCUT2D eigenvalue weighted by Crippen LogP contribution is -2.47. The Bertz CT molecular complexity index is 3770. The first-order chi connectivity index (χ1) is 45.1. The van der Waals surface area contributed by atoms with Gasteiger partial charge in [-0.1, -0.05) is 11.6 Å². The predicted molar refractivity (Wildman–Crippen MR) is 340 cm³/mol. The number of rotatable bonds is 41. The number of hydrazone groups is 1. The molecule has 29 nitrogen and oxygen atoms in total. The molecule has 0 unspecified atom stereocenters. The van der Waals surface area contributed by atoms with Crippen LogP contribution in [0.3, 0.4) is 0 Å². The van der Waals surface area contributed by atoms with Crippen molar-refractivity contribution < 1.29 is 61.4 Å². The number of hydrogen-bond acceptors (Lipinski definition) is 25. The second-order valence-electron chi connectivity index (χ2n) is 20.4. The van der Waals surface area contributed by atoms with Crippen LogP contribution < -0.4 is 43.1 Å². The van der Waals surface area contributed by atoms with E-state index >= 15 is 4.39 Å². The van der Waals surface area contributed by atoms with Gasteiger partial charge in [0.15, 0.2) is 17.0 Å². The lowest BCUT2D eigenvalue weighted by Gasteiger charge is -2.20. The minimum atomic E-state index is -1.12. The van der Waals surface area contributed by atoms with Crippen LogP contribution in [-0.2, 0) is 44.6 Å². The lowest BCUT2D eigenvalue weighted by atomic mass is 10.0. The zero-order valence-corrected chi connectivity index (χ0v) is 51.9. The maximum atomic E-state index is 15.5. The molecule has 0 saturated heterocycles. The first-order valence-corrected chi connectivity index (χ1v) is 29.9. The van der Waals surface area contributed by atoms with Gasteiger partial charge in [0.25, 0.3) is 11.5 Å². The number of carboxylic acid groups (broad SMARTS) is 1. The zero-order valence-electron chi connectivity index (χ0n) is 51.1. The Kier molecular flexibility index (Phi) is 28.7. The number of carbonyl (C=O) groups is 3. The first-order valence-electron chi connectivity index (χ1n) is 29.6. The molecule has 2 atom stereocenters. The third kappa shape index (κ3) is 23.0. The van der Waals surface area contributed by atoms with Crippen molar-refractivity contribution in [3.63, 3.8) is 0 Å². The number of ether oxygens (including phenoxy) is 7. The Labute approximate surface area is 537 Å². The summed E-state index contributed by atoms with van der Waals surface area (Å²) < 4.78 is 69.3. The number of nitrogens with zero attached hydrogens (tertiary/aromatic N) is 10. The van der Waals surface area contributed by atoms with Gasteiger partial charge < -0.3 is 71.1 Å². The molecule has 494 valence electrons. The number of nitrogen functional groups attached to an aromatic ring is 1. The molecule has 2 aromatic carbocycles. The molecule has 0 aliphatic rings. The smallest absolute Gasteiger partial charge is 0.316 e. The van der Waals surface area contributed by atoms with Crippen molar-refractivity contribution in [2.45, 2.75) is 64.6 Å². The molecule has 7 rings (SSSR count). The molecule has 0 fully saturated rings. The van der Waals surface area contributed by atoms with E-state index in [-0.39, 0.29) is 114 Å². The summed E-state index contributed by atoms with van der Waals surface area (Å²) in [7, 11) is 0. The number of aliphatic imine (C=N–C) groups is 1. The van der Waals surface area contributed by atoms with Gasteiger partial charge in [0.2, 0.25) is 11.9 Å². The number of hydrogen-bond donors (Lipinski definition) is 8. The molecule has 0 radical (unpaired) electrons. The number of aromatic amines is 1. The number of amides is 2. The van der Waals surface area contributed by atoms with Gasteiger partial charge in [-0.15, -0.1) is 0 Å². The number of nitrogens with two attached hydrogens (primary N) is 2. The van der Waals surface area contributed by atoms with E-state index in [4.69, 9.17) is 56.3 Å². The van der Waals surface area contributed by atoms with Crippen molar-refractivity contribution in [1.29, 1.82) is 5.26 Å². The highest BCUT2D eigenvalue weighted by molar-refractivity contribution is 6.35. The molecular formula is C61H72ClF2N17O12. The Morgan fingerprint density at radius 3 is 2.16 bits per heavy atom. The number of aryl methyl sites for hydroxylation is 1. The molecule has 0 aliphatic heterocycles. The molecule has 32 heteroatoms. The quantitative estimate of drug-likeness (QED) is 0.0103. The summed E-state index contributed by atoms with van der Waals surface area (Å²) in [5.74, 6) is 2.04. The average Bonchev–Trinajstić information content (AvgIpc) is 0.778. The highest BCUT2D eigenvalue weighted by atomic mass is 35.5. The van der Waals surface area contributed by atoms with Crippen molar-refractivity contribution in [2.24, 2.45) is 15.9 Å². The van der Waals surface area contributed by atoms with Crippen LogP contribution in [0.1, 0.15) is 77.9 Å². The maximum Gasteiger partial charge on any atom is 0.316 e. The number of halogens is 3. The number of pyridine rings is 2. The molecule has 10 N–H and O–H groups in total. The van der Waals surface area contributed by atoms with Crippen molar-refractivity contribution >= 4 is 80.8 Å². The second kappa shape index (κ2) is 37.7. The third-order valence-corrected chi connectivity index (χ3v) is 13.9. The molecule has 5 heterocycles. The molecule has 0 bridgehead atoms. The number of aliphatic carboxylic acids is 1. The molecule has 5 aromatic heterocycles. The van der Waals surface area contributed by atoms with E-state index in [2.05, 4.69) is 71.2 Å². The summed E-state index contributed by atoms with van der Waals surface area (Å²) >= 11 is 6.68. The largest absolute Gasteiger partial charge is 0.481 e. The highest BCUT2D eigenvalue weighted by Crippen LogP contribution is 2.36. The monoisotopic (exact) mass is 1310 g/mol. The fraction of sp³-hybridized carbons (Fsp3) is 0.410. The summed E-state index contributed by atoms with van der Waals surface area (Å²) in [6.07, 6.45) is 7.64. The SMILES string of the molecule is Cc1nc2cc(F)c(-c3cnc(OCCCCCN=C/C(COCCOCCOCCOCCOCCOCCNC(=O)[C@H](CCC(=O)O)NC(=O)c4ccc(NCc5cnc6nc(N)[nH]c(=O)c6n5)cc4)=N\N)nc3)nc2c(N[C@H](C)c2cc(C#N)ccc2F)c1Cl. The number of anilines is 3. The van der Waals surface area contributed by atoms with Crippen molar-refractivity contribution in [2.75, 3.05) is 115 Å². The topological polar surface area (TPSA) is 408 Å². The van der Waals surface area contributed by atoms with Crippen molar-refractivity contribution in [3.05, 3.63) is 122 Å². The summed E-state index contributed by atoms with van der Waals surface area (Å²) in [6.45, 7) is 8.19. The number of benzene rings is 2. The van der Waals surface area contributed by atoms with E-state index in [0.29, 0.717) is 106 Å². The molecule has 0 spiro atoms. The van der Waals surface area contributed by atoms with Crippen LogP contribution in [-0.4, -0.2) is 180 Å². The maximum absolute atomic E-state index is 15.5. The van der Waals surface area contributed by atoms with Gasteiger partial charge >= 0.3 is 12.0 Å². The first kappa shape index (κ1) is 70.9. The number of carbonyl (C=O) groups excluding carboxylic acids is 2. The van der Waals surface area contributed by atoms with Crippen LogP contribution in [0.15, 0.2) is 82.0 Å². The summed E-state index contributed by atoms with van der Waals surface area (Å²) in [5, 5.41) is 34.1. The van der Waals surface area contributed by atoms with Crippen LogP contribution >= 0.6 is 11.6 Å². The molecule has 0 aliphatic carbocycles. The Morgan fingerprint density at radius 2 is 1.49 bits per heavy atom. The molecule has 0 saturated carbocycles. The number of nitrogens with one attached hydrogen (secondary N) is 5. The standard InChI is InChI=1S/C61H72ClF2N17O12/c1-37(45-28-39(30-65)6-11-46(45)63)75-54-51(62)38(2)74-49-29-47(64)52(78-53(49)54)41-31-72-61(73-32-41)93-16-5-3-4-14-68-33-44(81-67)36-92-27-26-91-25-24-90-23-22-89-21-20-88-19-18-87-17-15-69-58(85)48(12-13-50(82)83)77-57(84)40-7-9-42(10-8-40)70-34-43-35-71-56-55(76-43)59(86)80-60(66)79-56/h6-11,28-29,31-33,35,37,48,70H,3-5,12-27,34,36,67H2,1-2H3,(H,69,85)(H,74,75)(H,77,84)(H,82,83)(H3,66,71,79,80,86)/b68-33?,81-44+/t37-,48+/m1/s1. The predicted octanol–water partition coefficient (Wildman–Crippen LogP) is 5.41. The normalized spacial score (nSPS) is 12.2. The average molecular weight is 1310 g/mol. The van der Waals surface area contributed by atoms with Gasteiger partial charge in [-0.2, -0.15) is 15.3 Å². The van der Waals surface area contributed by atoms with Crippen LogP contribution in [0.4, 0.5) is 26.1 Å². The highest BCUT2D eigenvalue weighted by Gasteiger charge is 2.24. The Hall–Kier alpha value is -9.55. The minimum absolute atomic E-state index is 0.0426. The van der Waals surface area contributed by atoms with Gasteiger partial charge in [-0.25, -0.2) is 38.7 Å². The van der Waals surface area contributed by atoms with E-state index in [1.54, 1.807) is 32.2 Å². The van der Waals surface area contributed by atoms with Crippen LogP contribution in [0.2, 0.25) is 5.02 Å². The van der Waals surface area contributed by atoms with Crippen molar-refractivity contribution in [3.8, 4) is 23.3 Å². The van der Waals surface area contributed by atoms with Crippen molar-refractivity contribution in [1.82, 2.24) is 50.5 Å². The minimum Gasteiger partial charge on any atom is -0.481 e. The Morgan fingerprint density at radius 1 is 0.817 bits per heavy atom. The van der Waals surface area contributed by atoms with Gasteiger partial charge in [0.05, 0.1) is 144 Å². The molecular weight excluding hydrogens is 1240 g/mol. The molecule has 93 heavy (non-hydrogen) atoms. The number of carboxylic acids is 1. The van der Waals surface area contributed by atoms with Gasteiger partial charge in [-0.05, 0) is 82.0 Å². The zero-order chi connectivity index (χ0) is 66.3. The van der Waals surface area contributed by atoms with E-state index < -0.39 is 47.1 Å². The number of unbranched alkanes of at least 4 members (excludes halogenated alkanes) is 2. The number of nitriles is 1. The Balaban J connectivity index is 0.649. The number of fused-ring (bicyclic) bond motifs is 2. The summed E-state index contributed by atoms with van der Waals surface area (Å²) in [6, 6.07) is 12.0. The molecule has 2 amide bonds. The fourth-order valence-electron chi connectivity index (χ4n) is 8.69. The van der Waals surface area contributed by atoms with Crippen LogP contribution in [0.5, 0.6) is 6.01 Å². The number of H-pyrrole nitrogens is 1. The van der Waals surface area contributed by atoms with E-state index in [1.807, 2.05) is 6.07 Å². The van der Waals surface area contributed by atoms with E-state index in [9.17, 15) is 33.9 Å². The van der Waals surface area contributed by atoms with Crippen LogP contribution in [0.25, 0.3) is 33.5 Å². The van der Waals surface area contributed by atoms with Gasteiger partial charge in [-0.3, -0.25) is 29.2 Å². The van der Waals surface area contributed by atoms with E-state index in [0.717, 1.165) is 12.8 Å². The second-order valence-corrected chi connectivity index (χ2v) is 20.8. The summed E-state index contributed by atoms with van der Waals surface area (Å²) in [4.78, 5) is 86.1. The van der Waals surface area contributed by atoms with E-state index in [1.165, 1.54) is 55.0 Å². The van der Waals surface area contributed by atoms with Gasteiger partial charge in [0, 0.05) is 66.6 Å². The van der Waals surface area contributed by atoms with Crippen LogP contribution in [0, 0.1) is 29.9 Å².